The van der Waals surface area contributed by atoms with Gasteiger partial charge in [0.25, 0.3) is 10.0 Å². The van der Waals surface area contributed by atoms with Gasteiger partial charge in [-0.1, -0.05) is 6.07 Å². The van der Waals surface area contributed by atoms with Gasteiger partial charge in [-0.25, -0.2) is 9.78 Å². The lowest BCUT2D eigenvalue weighted by molar-refractivity contribution is 0.0126. The van der Waals surface area contributed by atoms with Gasteiger partial charge in [0.05, 0.1) is 23.0 Å². The normalized spacial score (nSPS) is 13.4. The van der Waals surface area contributed by atoms with E-state index < -0.39 is 15.6 Å². The number of imidazole rings is 2. The van der Waals surface area contributed by atoms with Gasteiger partial charge < -0.3 is 30.2 Å². The number of nitrogens with one attached hydrogen (secondary N) is 2. The van der Waals surface area contributed by atoms with Crippen LogP contribution in [0.2, 0.25) is 0 Å². The Morgan fingerprint density at radius 2 is 1.79 bits per heavy atom. The first kappa shape index (κ1) is 28.2. The number of aryl methyl sites for hydroxylation is 3. The van der Waals surface area contributed by atoms with Crippen LogP contribution in [-0.4, -0.2) is 64.1 Å². The van der Waals surface area contributed by atoms with E-state index in [9.17, 15) is 18.3 Å². The standard InChI is InChI=1S/C25H33N7O6S/c1-25(34,14-27-9-8-26)15-37-17-6-5-7-18(10-17)38-22-12-21-20(31(3)24(33)32(21)4)11-19(22)29-39(35,36)23-13-30(2)16-28-23/h5-7,10-13,16,27,29,34H,8-9,14-15,26H2,1-4H3. The zero-order chi connectivity index (χ0) is 28.4. The zero-order valence-electron chi connectivity index (χ0n) is 22.2. The molecule has 5 N–H and O–H groups in total. The highest BCUT2D eigenvalue weighted by Crippen LogP contribution is 2.36. The Kier molecular flexibility index (Phi) is 8.02. The van der Waals surface area contributed by atoms with Crippen molar-refractivity contribution in [1.82, 2.24) is 24.0 Å². The number of hydrogen-bond donors (Lipinski definition) is 4. The van der Waals surface area contributed by atoms with Gasteiger partial charge in [-0.2, -0.15) is 8.42 Å². The van der Waals surface area contributed by atoms with E-state index in [-0.39, 0.29) is 28.8 Å². The number of benzene rings is 2. The first-order valence-electron chi connectivity index (χ1n) is 12.1. The summed E-state index contributed by atoms with van der Waals surface area (Å²) in [5.41, 5.74) is 5.25. The van der Waals surface area contributed by atoms with Crippen LogP contribution in [0.25, 0.3) is 11.0 Å². The van der Waals surface area contributed by atoms with Crippen molar-refractivity contribution in [3.8, 4) is 17.2 Å². The molecule has 2 aromatic heterocycles. The average Bonchev–Trinajstić information content (AvgIpc) is 3.42. The highest BCUT2D eigenvalue weighted by molar-refractivity contribution is 7.92. The fourth-order valence-corrected chi connectivity index (χ4v) is 4.96. The Balaban J connectivity index is 1.65. The third kappa shape index (κ3) is 6.42. The number of rotatable bonds is 12. The lowest BCUT2D eigenvalue weighted by atomic mass is 10.1. The predicted molar refractivity (Wildman–Crippen MR) is 147 cm³/mol. The maximum Gasteiger partial charge on any atom is 0.328 e. The number of hydrogen-bond acceptors (Lipinski definition) is 9. The van der Waals surface area contributed by atoms with Crippen molar-refractivity contribution in [2.45, 2.75) is 17.6 Å². The van der Waals surface area contributed by atoms with Crippen LogP contribution in [0.5, 0.6) is 17.2 Å². The Hall–Kier alpha value is -3.85. The van der Waals surface area contributed by atoms with Crippen molar-refractivity contribution in [1.29, 1.82) is 0 Å². The average molecular weight is 560 g/mol. The number of sulfonamides is 1. The summed E-state index contributed by atoms with van der Waals surface area (Å²) in [5.74, 6) is 0.959. The van der Waals surface area contributed by atoms with E-state index in [1.54, 1.807) is 64.5 Å². The van der Waals surface area contributed by atoms with E-state index >= 15 is 0 Å². The summed E-state index contributed by atoms with van der Waals surface area (Å²) >= 11 is 0. The minimum atomic E-state index is -4.06. The summed E-state index contributed by atoms with van der Waals surface area (Å²) in [7, 11) is 0.827. The van der Waals surface area contributed by atoms with Crippen LogP contribution in [-0.2, 0) is 31.2 Å². The number of fused-ring (bicyclic) bond motifs is 1. The second-order valence-electron chi connectivity index (χ2n) is 9.55. The van der Waals surface area contributed by atoms with Crippen molar-refractivity contribution in [2.24, 2.45) is 26.9 Å². The first-order valence-corrected chi connectivity index (χ1v) is 13.6. The van der Waals surface area contributed by atoms with Gasteiger partial charge in [-0.15, -0.1) is 0 Å². The molecule has 0 aliphatic heterocycles. The molecule has 13 nitrogen and oxygen atoms in total. The van der Waals surface area contributed by atoms with Crippen LogP contribution in [0.4, 0.5) is 5.69 Å². The van der Waals surface area contributed by atoms with Crippen molar-refractivity contribution in [3.63, 3.8) is 0 Å². The van der Waals surface area contributed by atoms with E-state index in [1.165, 1.54) is 26.2 Å². The molecule has 2 heterocycles. The molecule has 2 aromatic carbocycles. The molecule has 1 atom stereocenters. The number of nitrogens with zero attached hydrogens (tertiary/aromatic N) is 4. The Morgan fingerprint density at radius 3 is 2.46 bits per heavy atom. The number of aliphatic hydroxyl groups is 1. The first-order chi connectivity index (χ1) is 18.4. The summed E-state index contributed by atoms with van der Waals surface area (Å²) in [4.78, 5) is 16.5. The van der Waals surface area contributed by atoms with Crippen molar-refractivity contribution in [3.05, 3.63) is 59.4 Å². The molecule has 0 saturated carbocycles. The molecular weight excluding hydrogens is 526 g/mol. The van der Waals surface area contributed by atoms with Gasteiger partial charge in [0.2, 0.25) is 0 Å². The maximum absolute atomic E-state index is 13.1. The second-order valence-corrected chi connectivity index (χ2v) is 11.2. The summed E-state index contributed by atoms with van der Waals surface area (Å²) in [6.45, 7) is 3.00. The molecule has 0 spiro atoms. The van der Waals surface area contributed by atoms with E-state index in [2.05, 4.69) is 15.0 Å². The largest absolute Gasteiger partial charge is 0.490 e. The monoisotopic (exact) mass is 559 g/mol. The summed E-state index contributed by atoms with van der Waals surface area (Å²) < 4.78 is 45.0. The van der Waals surface area contributed by atoms with Crippen LogP contribution >= 0.6 is 0 Å². The quantitative estimate of drug-likeness (QED) is 0.184. The minimum absolute atomic E-state index is 0.0151. The molecule has 39 heavy (non-hydrogen) atoms. The van der Waals surface area contributed by atoms with Gasteiger partial charge >= 0.3 is 5.69 Å². The number of nitrogens with two attached hydrogens (primary N) is 1. The van der Waals surface area contributed by atoms with Gasteiger partial charge in [0.15, 0.2) is 10.8 Å². The predicted octanol–water partition coefficient (Wildman–Crippen LogP) is 0.882. The lowest BCUT2D eigenvalue weighted by Gasteiger charge is -2.24. The van der Waals surface area contributed by atoms with Crippen molar-refractivity contribution in [2.75, 3.05) is 31.0 Å². The molecule has 0 aliphatic carbocycles. The molecule has 0 bridgehead atoms. The van der Waals surface area contributed by atoms with E-state index in [4.69, 9.17) is 15.2 Å². The zero-order valence-corrected chi connectivity index (χ0v) is 23.0. The summed E-state index contributed by atoms with van der Waals surface area (Å²) in [5, 5.41) is 13.4. The van der Waals surface area contributed by atoms with Crippen LogP contribution in [0.15, 0.2) is 58.7 Å². The smallest absolute Gasteiger partial charge is 0.328 e. The molecule has 0 aliphatic rings. The fourth-order valence-electron chi connectivity index (χ4n) is 3.92. The van der Waals surface area contributed by atoms with E-state index in [1.807, 2.05) is 0 Å². The van der Waals surface area contributed by atoms with Crippen LogP contribution in [0, 0.1) is 0 Å². The molecule has 0 amide bonds. The fraction of sp³-hybridized carbons (Fsp3) is 0.360. The number of aromatic nitrogens is 4. The third-order valence-electron chi connectivity index (χ3n) is 5.98. The molecule has 4 rings (SSSR count). The van der Waals surface area contributed by atoms with Crippen LogP contribution in [0.1, 0.15) is 6.92 Å². The van der Waals surface area contributed by atoms with E-state index in [0.29, 0.717) is 42.2 Å². The van der Waals surface area contributed by atoms with Crippen LogP contribution in [0.3, 0.4) is 0 Å². The second kappa shape index (κ2) is 11.1. The topological polar surface area (TPSA) is 168 Å². The molecule has 0 radical (unpaired) electrons. The Labute approximate surface area is 225 Å². The molecule has 210 valence electrons. The van der Waals surface area contributed by atoms with Gasteiger partial charge in [0.1, 0.15) is 23.7 Å². The van der Waals surface area contributed by atoms with Gasteiger partial charge in [-0.05, 0) is 25.1 Å². The third-order valence-corrected chi connectivity index (χ3v) is 7.23. The van der Waals surface area contributed by atoms with Gasteiger partial charge in [0, 0.05) is 59.1 Å². The molecule has 0 fully saturated rings. The summed E-state index contributed by atoms with van der Waals surface area (Å²) in [6.07, 6.45) is 2.76. The molecule has 4 aromatic rings. The minimum Gasteiger partial charge on any atom is -0.490 e. The molecule has 1 unspecified atom stereocenters. The SMILES string of the molecule is Cn1cnc(S(=O)(=O)Nc2cc3c(cc2Oc2cccc(OCC(C)(O)CNCCN)c2)n(C)c(=O)n3C)c1. The molecule has 14 heteroatoms. The number of ether oxygens (including phenoxy) is 2. The number of anilines is 1. The van der Waals surface area contributed by atoms with Crippen LogP contribution < -0.4 is 30.9 Å². The Bertz CT molecular complexity index is 1640. The highest BCUT2D eigenvalue weighted by Gasteiger charge is 2.23. The molecular formula is C25H33N7O6S. The van der Waals surface area contributed by atoms with Crippen molar-refractivity contribution >= 4 is 26.7 Å². The Morgan fingerprint density at radius 1 is 1.10 bits per heavy atom. The highest BCUT2D eigenvalue weighted by atomic mass is 32.2. The lowest BCUT2D eigenvalue weighted by Crippen LogP contribution is -2.44. The summed E-state index contributed by atoms with van der Waals surface area (Å²) in [6, 6.07) is 9.85. The maximum atomic E-state index is 13.1. The molecule has 0 saturated heterocycles. The van der Waals surface area contributed by atoms with E-state index in [0.717, 1.165) is 0 Å². The van der Waals surface area contributed by atoms with Crippen molar-refractivity contribution < 1.29 is 23.0 Å². The van der Waals surface area contributed by atoms with Gasteiger partial charge in [-0.3, -0.25) is 13.9 Å².